The van der Waals surface area contributed by atoms with Gasteiger partial charge in [-0.25, -0.2) is 0 Å². The quantitative estimate of drug-likeness (QED) is 0.866. The van der Waals surface area contributed by atoms with Crippen LogP contribution in [0.15, 0.2) is 18.2 Å². The summed E-state index contributed by atoms with van der Waals surface area (Å²) in [5.74, 6) is 2.73. The SMILES string of the molecule is c1cc2c(cc1OCC1CCNCC1)CCO2. The van der Waals surface area contributed by atoms with E-state index in [-0.39, 0.29) is 0 Å². The summed E-state index contributed by atoms with van der Waals surface area (Å²) in [6.07, 6.45) is 3.47. The maximum atomic E-state index is 5.89. The Bertz CT molecular complexity index is 386. The largest absolute Gasteiger partial charge is 0.493 e. The number of hydrogen-bond donors (Lipinski definition) is 1. The van der Waals surface area contributed by atoms with Crippen LogP contribution in [-0.2, 0) is 6.42 Å². The zero-order chi connectivity index (χ0) is 11.5. The molecule has 0 spiro atoms. The number of rotatable bonds is 3. The van der Waals surface area contributed by atoms with E-state index in [4.69, 9.17) is 9.47 Å². The Morgan fingerprint density at radius 2 is 2.18 bits per heavy atom. The zero-order valence-corrected chi connectivity index (χ0v) is 10.1. The van der Waals surface area contributed by atoms with Crippen molar-refractivity contribution in [1.82, 2.24) is 5.32 Å². The molecule has 0 atom stereocenters. The van der Waals surface area contributed by atoms with E-state index in [9.17, 15) is 0 Å². The van der Waals surface area contributed by atoms with Gasteiger partial charge in [-0.2, -0.15) is 0 Å². The molecule has 0 amide bonds. The Balaban J connectivity index is 1.57. The van der Waals surface area contributed by atoms with Crippen LogP contribution in [-0.4, -0.2) is 26.3 Å². The summed E-state index contributed by atoms with van der Waals surface area (Å²) in [7, 11) is 0. The first kappa shape index (κ1) is 10.9. The second-order valence-corrected chi connectivity index (χ2v) is 4.87. The van der Waals surface area contributed by atoms with Crippen LogP contribution >= 0.6 is 0 Å². The third-order valence-electron chi connectivity index (χ3n) is 3.61. The van der Waals surface area contributed by atoms with Crippen molar-refractivity contribution in [2.75, 3.05) is 26.3 Å². The molecule has 2 aliphatic rings. The molecule has 0 bridgehead atoms. The summed E-state index contributed by atoms with van der Waals surface area (Å²) in [5.41, 5.74) is 1.29. The van der Waals surface area contributed by atoms with Crippen molar-refractivity contribution in [2.45, 2.75) is 19.3 Å². The lowest BCUT2D eigenvalue weighted by atomic mass is 9.99. The van der Waals surface area contributed by atoms with Gasteiger partial charge in [0.1, 0.15) is 11.5 Å². The summed E-state index contributed by atoms with van der Waals surface area (Å²) >= 11 is 0. The maximum Gasteiger partial charge on any atom is 0.122 e. The van der Waals surface area contributed by atoms with E-state index in [1.54, 1.807) is 0 Å². The molecular weight excluding hydrogens is 214 g/mol. The molecule has 2 aliphatic heterocycles. The van der Waals surface area contributed by atoms with Crippen LogP contribution in [0.25, 0.3) is 0 Å². The summed E-state index contributed by atoms with van der Waals surface area (Å²) in [6, 6.07) is 6.18. The Labute approximate surface area is 102 Å². The van der Waals surface area contributed by atoms with Crippen molar-refractivity contribution in [3.63, 3.8) is 0 Å². The van der Waals surface area contributed by atoms with E-state index in [0.717, 1.165) is 44.2 Å². The van der Waals surface area contributed by atoms with Gasteiger partial charge >= 0.3 is 0 Å². The fourth-order valence-electron chi connectivity index (χ4n) is 2.52. The molecule has 1 N–H and O–H groups in total. The molecule has 0 aromatic heterocycles. The van der Waals surface area contributed by atoms with Crippen LogP contribution in [0.2, 0.25) is 0 Å². The highest BCUT2D eigenvalue weighted by Gasteiger charge is 2.15. The Morgan fingerprint density at radius 3 is 3.06 bits per heavy atom. The van der Waals surface area contributed by atoms with E-state index in [0.29, 0.717) is 5.92 Å². The smallest absolute Gasteiger partial charge is 0.122 e. The first-order valence-corrected chi connectivity index (χ1v) is 6.51. The van der Waals surface area contributed by atoms with Gasteiger partial charge in [0, 0.05) is 12.0 Å². The summed E-state index contributed by atoms with van der Waals surface area (Å²) in [6.45, 7) is 3.92. The van der Waals surface area contributed by atoms with Crippen molar-refractivity contribution in [3.05, 3.63) is 23.8 Å². The number of piperidine rings is 1. The predicted molar refractivity (Wildman–Crippen MR) is 66.7 cm³/mol. The topological polar surface area (TPSA) is 30.5 Å². The third kappa shape index (κ3) is 2.55. The molecule has 3 heteroatoms. The Morgan fingerprint density at radius 1 is 1.29 bits per heavy atom. The van der Waals surface area contributed by atoms with Gasteiger partial charge in [0.2, 0.25) is 0 Å². The van der Waals surface area contributed by atoms with Gasteiger partial charge in [0.25, 0.3) is 0 Å². The van der Waals surface area contributed by atoms with Gasteiger partial charge in [-0.15, -0.1) is 0 Å². The first-order chi connectivity index (χ1) is 8.42. The second-order valence-electron chi connectivity index (χ2n) is 4.87. The van der Waals surface area contributed by atoms with Crippen LogP contribution in [0.3, 0.4) is 0 Å². The summed E-state index contributed by atoms with van der Waals surface area (Å²) in [4.78, 5) is 0. The summed E-state index contributed by atoms with van der Waals surface area (Å²) < 4.78 is 11.4. The lowest BCUT2D eigenvalue weighted by Gasteiger charge is -2.22. The normalized spacial score (nSPS) is 19.8. The van der Waals surface area contributed by atoms with E-state index in [1.807, 2.05) is 12.1 Å². The summed E-state index contributed by atoms with van der Waals surface area (Å²) in [5, 5.41) is 3.37. The molecule has 0 unspecified atom stereocenters. The first-order valence-electron chi connectivity index (χ1n) is 6.51. The molecule has 1 aromatic carbocycles. The van der Waals surface area contributed by atoms with Crippen LogP contribution in [0.4, 0.5) is 0 Å². The minimum Gasteiger partial charge on any atom is -0.493 e. The predicted octanol–water partition coefficient (Wildman–Crippen LogP) is 2.00. The lowest BCUT2D eigenvalue weighted by molar-refractivity contribution is 0.215. The number of benzene rings is 1. The van der Waals surface area contributed by atoms with Crippen molar-refractivity contribution < 1.29 is 9.47 Å². The Kier molecular flexibility index (Phi) is 3.18. The number of nitrogens with one attached hydrogen (secondary N) is 1. The molecule has 2 heterocycles. The van der Waals surface area contributed by atoms with Gasteiger partial charge in [-0.3, -0.25) is 0 Å². The second kappa shape index (κ2) is 4.96. The Hall–Kier alpha value is -1.22. The van der Waals surface area contributed by atoms with Gasteiger partial charge in [-0.05, 0) is 50.0 Å². The van der Waals surface area contributed by atoms with Crippen LogP contribution in [0, 0.1) is 5.92 Å². The molecule has 0 aliphatic carbocycles. The lowest BCUT2D eigenvalue weighted by Crippen LogP contribution is -2.30. The van der Waals surface area contributed by atoms with Crippen molar-refractivity contribution >= 4 is 0 Å². The molecule has 0 saturated carbocycles. The molecule has 0 radical (unpaired) electrons. The van der Waals surface area contributed by atoms with E-state index in [2.05, 4.69) is 11.4 Å². The third-order valence-corrected chi connectivity index (χ3v) is 3.61. The standard InChI is InChI=1S/C14H19NO2/c1-2-14-12(5-8-16-14)9-13(1)17-10-11-3-6-15-7-4-11/h1-2,9,11,15H,3-8,10H2. The van der Waals surface area contributed by atoms with Crippen molar-refractivity contribution in [3.8, 4) is 11.5 Å². The average Bonchev–Trinajstić information content (AvgIpc) is 2.85. The number of fused-ring (bicyclic) bond motifs is 1. The van der Waals surface area contributed by atoms with Crippen LogP contribution < -0.4 is 14.8 Å². The van der Waals surface area contributed by atoms with Gasteiger partial charge < -0.3 is 14.8 Å². The molecule has 3 rings (SSSR count). The molecule has 1 fully saturated rings. The highest BCUT2D eigenvalue weighted by molar-refractivity contribution is 5.42. The zero-order valence-electron chi connectivity index (χ0n) is 10.1. The van der Waals surface area contributed by atoms with Crippen LogP contribution in [0.1, 0.15) is 18.4 Å². The number of ether oxygens (including phenoxy) is 2. The fourth-order valence-corrected chi connectivity index (χ4v) is 2.52. The van der Waals surface area contributed by atoms with Crippen molar-refractivity contribution in [2.24, 2.45) is 5.92 Å². The molecular formula is C14H19NO2. The van der Waals surface area contributed by atoms with E-state index >= 15 is 0 Å². The fraction of sp³-hybridized carbons (Fsp3) is 0.571. The number of hydrogen-bond acceptors (Lipinski definition) is 3. The minimum atomic E-state index is 0.709. The van der Waals surface area contributed by atoms with Crippen molar-refractivity contribution in [1.29, 1.82) is 0 Å². The van der Waals surface area contributed by atoms with E-state index in [1.165, 1.54) is 18.4 Å². The maximum absolute atomic E-state index is 5.89. The molecule has 92 valence electrons. The molecule has 1 saturated heterocycles. The highest BCUT2D eigenvalue weighted by atomic mass is 16.5. The monoisotopic (exact) mass is 233 g/mol. The minimum absolute atomic E-state index is 0.709. The average molecular weight is 233 g/mol. The van der Waals surface area contributed by atoms with Gasteiger partial charge in [-0.1, -0.05) is 0 Å². The molecule has 17 heavy (non-hydrogen) atoms. The van der Waals surface area contributed by atoms with Gasteiger partial charge in [0.15, 0.2) is 0 Å². The molecule has 3 nitrogen and oxygen atoms in total. The van der Waals surface area contributed by atoms with Gasteiger partial charge in [0.05, 0.1) is 13.2 Å². The van der Waals surface area contributed by atoms with E-state index < -0.39 is 0 Å². The molecule has 1 aromatic rings. The highest BCUT2D eigenvalue weighted by Crippen LogP contribution is 2.29. The van der Waals surface area contributed by atoms with Crippen LogP contribution in [0.5, 0.6) is 11.5 Å².